The first-order valence-corrected chi connectivity index (χ1v) is 8.90. The molecule has 0 aliphatic carbocycles. The zero-order valence-electron chi connectivity index (χ0n) is 14.1. The molecule has 3 atom stereocenters. The van der Waals surface area contributed by atoms with Crippen molar-refractivity contribution in [1.29, 1.82) is 0 Å². The predicted octanol–water partition coefficient (Wildman–Crippen LogP) is 1.56. The van der Waals surface area contributed by atoms with Gasteiger partial charge in [0.1, 0.15) is 0 Å². The average Bonchev–Trinajstić information content (AvgIpc) is 2.77. The smallest absolute Gasteiger partial charge is 0.0829 e. The first-order chi connectivity index (χ1) is 10.1. The van der Waals surface area contributed by atoms with Gasteiger partial charge in [-0.1, -0.05) is 13.8 Å². The van der Waals surface area contributed by atoms with Gasteiger partial charge in [0.05, 0.1) is 12.7 Å². The minimum atomic E-state index is 0.398. The molecule has 0 aromatic heterocycles. The van der Waals surface area contributed by atoms with E-state index >= 15 is 0 Å². The van der Waals surface area contributed by atoms with Gasteiger partial charge in [-0.3, -0.25) is 4.90 Å². The largest absolute Gasteiger partial charge is 0.374 e. The Bertz CT molecular complexity index is 324. The Morgan fingerprint density at radius 3 is 2.62 bits per heavy atom. The van der Waals surface area contributed by atoms with Crippen LogP contribution in [-0.2, 0) is 4.74 Å². The summed E-state index contributed by atoms with van der Waals surface area (Å²) in [5.41, 5.74) is 0. The lowest BCUT2D eigenvalue weighted by atomic mass is 9.98. The molecular weight excluding hydrogens is 262 g/mol. The maximum absolute atomic E-state index is 6.02. The maximum Gasteiger partial charge on any atom is 0.0829 e. The molecule has 4 heteroatoms. The van der Waals surface area contributed by atoms with Crippen LogP contribution in [0.25, 0.3) is 0 Å². The third-order valence-corrected chi connectivity index (χ3v) is 5.41. The van der Waals surface area contributed by atoms with Crippen molar-refractivity contribution in [2.45, 2.75) is 63.8 Å². The summed E-state index contributed by atoms with van der Waals surface area (Å²) in [7, 11) is 2.31. The van der Waals surface area contributed by atoms with Gasteiger partial charge < -0.3 is 15.0 Å². The molecule has 3 rings (SSSR count). The first-order valence-electron chi connectivity index (χ1n) is 8.90. The Kier molecular flexibility index (Phi) is 5.20. The van der Waals surface area contributed by atoms with Crippen molar-refractivity contribution in [2.75, 3.05) is 39.8 Å². The predicted molar refractivity (Wildman–Crippen MR) is 86.6 cm³/mol. The van der Waals surface area contributed by atoms with Crippen molar-refractivity contribution >= 4 is 0 Å². The van der Waals surface area contributed by atoms with Gasteiger partial charge >= 0.3 is 0 Å². The van der Waals surface area contributed by atoms with Gasteiger partial charge in [0.15, 0.2) is 0 Å². The molecule has 3 saturated heterocycles. The van der Waals surface area contributed by atoms with Crippen molar-refractivity contribution in [1.82, 2.24) is 15.1 Å². The van der Waals surface area contributed by atoms with Crippen LogP contribution in [0.1, 0.15) is 39.5 Å². The van der Waals surface area contributed by atoms with Crippen LogP contribution in [0, 0.1) is 5.92 Å². The molecular formula is C17H33N3O. The highest BCUT2D eigenvalue weighted by Crippen LogP contribution is 2.29. The Morgan fingerprint density at radius 1 is 1.24 bits per heavy atom. The SMILES string of the molecule is CC(C)CN1CCOC(CN(C)C2CC3CCC(C2)N3)C1. The third-order valence-electron chi connectivity index (χ3n) is 5.41. The zero-order valence-corrected chi connectivity index (χ0v) is 14.1. The Labute approximate surface area is 130 Å². The van der Waals surface area contributed by atoms with Gasteiger partial charge in [-0.2, -0.15) is 0 Å². The highest BCUT2D eigenvalue weighted by molar-refractivity contribution is 4.95. The van der Waals surface area contributed by atoms with Crippen LogP contribution in [0.3, 0.4) is 0 Å². The van der Waals surface area contributed by atoms with Gasteiger partial charge in [0.2, 0.25) is 0 Å². The number of fused-ring (bicyclic) bond motifs is 2. The van der Waals surface area contributed by atoms with E-state index in [2.05, 4.69) is 36.0 Å². The molecule has 21 heavy (non-hydrogen) atoms. The molecule has 0 aromatic carbocycles. The molecule has 3 fully saturated rings. The topological polar surface area (TPSA) is 27.7 Å². The summed E-state index contributed by atoms with van der Waals surface area (Å²) >= 11 is 0. The van der Waals surface area contributed by atoms with Gasteiger partial charge in [-0.05, 0) is 38.6 Å². The van der Waals surface area contributed by atoms with Gasteiger partial charge in [-0.15, -0.1) is 0 Å². The number of nitrogens with zero attached hydrogens (tertiary/aromatic N) is 2. The van der Waals surface area contributed by atoms with E-state index in [-0.39, 0.29) is 0 Å². The molecule has 0 spiro atoms. The molecule has 1 N–H and O–H groups in total. The molecule has 3 aliphatic rings. The number of hydrogen-bond donors (Lipinski definition) is 1. The van der Waals surface area contributed by atoms with E-state index in [1.54, 1.807) is 0 Å². The Balaban J connectivity index is 1.46. The van der Waals surface area contributed by atoms with Crippen LogP contribution < -0.4 is 5.32 Å². The molecule has 122 valence electrons. The van der Waals surface area contributed by atoms with Crippen LogP contribution in [0.15, 0.2) is 0 Å². The summed E-state index contributed by atoms with van der Waals surface area (Å²) in [5.74, 6) is 0.751. The lowest BCUT2D eigenvalue weighted by Crippen LogP contribution is -2.52. The second kappa shape index (κ2) is 6.95. The number of rotatable bonds is 5. The third kappa shape index (κ3) is 4.19. The van der Waals surface area contributed by atoms with E-state index in [0.29, 0.717) is 6.10 Å². The quantitative estimate of drug-likeness (QED) is 0.833. The fourth-order valence-electron chi connectivity index (χ4n) is 4.43. The standard InChI is InChI=1S/C17H33N3O/c1-13(2)10-20-6-7-21-17(12-20)11-19(3)16-8-14-4-5-15(9-16)18-14/h13-18H,4-12H2,1-3H3. The Morgan fingerprint density at radius 2 is 1.95 bits per heavy atom. The molecule has 3 heterocycles. The molecule has 0 aromatic rings. The summed E-state index contributed by atoms with van der Waals surface area (Å²) in [6.45, 7) is 10.0. The zero-order chi connectivity index (χ0) is 14.8. The van der Waals surface area contributed by atoms with Gasteiger partial charge in [0.25, 0.3) is 0 Å². The van der Waals surface area contributed by atoms with E-state index in [1.165, 1.54) is 32.2 Å². The van der Waals surface area contributed by atoms with Crippen molar-refractivity contribution in [3.05, 3.63) is 0 Å². The summed E-state index contributed by atoms with van der Waals surface area (Å²) in [6, 6.07) is 2.31. The summed E-state index contributed by atoms with van der Waals surface area (Å²) < 4.78 is 6.02. The molecule has 0 amide bonds. The summed E-state index contributed by atoms with van der Waals surface area (Å²) in [5, 5.41) is 3.74. The van der Waals surface area contributed by atoms with Gasteiger partial charge in [-0.25, -0.2) is 0 Å². The normalized spacial score (nSPS) is 37.6. The lowest BCUT2D eigenvalue weighted by Gasteiger charge is -2.40. The van der Waals surface area contributed by atoms with E-state index in [4.69, 9.17) is 4.74 Å². The van der Waals surface area contributed by atoms with Crippen molar-refractivity contribution in [2.24, 2.45) is 5.92 Å². The number of likely N-dealkylation sites (N-methyl/N-ethyl adjacent to an activating group) is 1. The maximum atomic E-state index is 6.02. The summed E-state index contributed by atoms with van der Waals surface area (Å²) in [4.78, 5) is 5.16. The van der Waals surface area contributed by atoms with Gasteiger partial charge in [0, 0.05) is 44.3 Å². The summed E-state index contributed by atoms with van der Waals surface area (Å²) in [6.07, 6.45) is 5.83. The van der Waals surface area contributed by atoms with Crippen LogP contribution in [0.4, 0.5) is 0 Å². The highest BCUT2D eigenvalue weighted by atomic mass is 16.5. The van der Waals surface area contributed by atoms with Crippen LogP contribution in [-0.4, -0.2) is 73.9 Å². The van der Waals surface area contributed by atoms with Crippen molar-refractivity contribution in [3.63, 3.8) is 0 Å². The minimum absolute atomic E-state index is 0.398. The number of hydrogen-bond acceptors (Lipinski definition) is 4. The number of ether oxygens (including phenoxy) is 1. The highest BCUT2D eigenvalue weighted by Gasteiger charge is 2.35. The molecule has 2 bridgehead atoms. The van der Waals surface area contributed by atoms with E-state index in [9.17, 15) is 0 Å². The van der Waals surface area contributed by atoms with Crippen LogP contribution >= 0.6 is 0 Å². The van der Waals surface area contributed by atoms with E-state index < -0.39 is 0 Å². The Hall–Kier alpha value is -0.160. The van der Waals surface area contributed by atoms with E-state index in [0.717, 1.165) is 50.3 Å². The van der Waals surface area contributed by atoms with Crippen molar-refractivity contribution < 1.29 is 4.74 Å². The van der Waals surface area contributed by atoms with E-state index in [1.807, 2.05) is 0 Å². The monoisotopic (exact) mass is 295 g/mol. The second-order valence-electron chi connectivity index (χ2n) is 7.85. The number of nitrogens with one attached hydrogen (secondary N) is 1. The first kappa shape index (κ1) is 15.7. The fourth-order valence-corrected chi connectivity index (χ4v) is 4.43. The van der Waals surface area contributed by atoms with Crippen LogP contribution in [0.2, 0.25) is 0 Å². The second-order valence-corrected chi connectivity index (χ2v) is 7.85. The molecule has 4 nitrogen and oxygen atoms in total. The molecule has 0 saturated carbocycles. The molecule has 3 unspecified atom stereocenters. The van der Waals surface area contributed by atoms with Crippen LogP contribution in [0.5, 0.6) is 0 Å². The minimum Gasteiger partial charge on any atom is -0.374 e. The lowest BCUT2D eigenvalue weighted by molar-refractivity contribution is -0.0496. The number of piperidine rings is 1. The molecule has 0 radical (unpaired) electrons. The average molecular weight is 295 g/mol. The fraction of sp³-hybridized carbons (Fsp3) is 1.00. The van der Waals surface area contributed by atoms with Crippen molar-refractivity contribution in [3.8, 4) is 0 Å². The molecule has 3 aliphatic heterocycles. The number of morpholine rings is 1.